The van der Waals surface area contributed by atoms with Crippen molar-refractivity contribution in [2.75, 3.05) is 0 Å². The maximum atomic E-state index is 13.2. The van der Waals surface area contributed by atoms with Crippen molar-refractivity contribution in [3.05, 3.63) is 39.1 Å². The van der Waals surface area contributed by atoms with Gasteiger partial charge in [0.25, 0.3) is 5.56 Å². The fourth-order valence-corrected chi connectivity index (χ4v) is 1.53. The highest BCUT2D eigenvalue weighted by Gasteiger charge is 2.05. The van der Waals surface area contributed by atoms with Gasteiger partial charge in [-0.05, 0) is 12.1 Å². The topological polar surface area (TPSA) is 45.8 Å². The molecule has 0 bridgehead atoms. The molecule has 1 aromatic carbocycles. The summed E-state index contributed by atoms with van der Waals surface area (Å²) < 4.78 is 13.7. The minimum Gasteiger partial charge on any atom is -0.313 e. The molecule has 0 amide bonds. The normalized spacial score (nSPS) is 10.6. The summed E-state index contributed by atoms with van der Waals surface area (Å²) in [5.41, 5.74) is -0.253. The van der Waals surface area contributed by atoms with Gasteiger partial charge in [0.1, 0.15) is 5.52 Å². The molecule has 0 saturated carbocycles. The van der Waals surface area contributed by atoms with Crippen LogP contribution in [0.5, 0.6) is 0 Å². The lowest BCUT2D eigenvalue weighted by Gasteiger charge is -1.97. The molecule has 2 rings (SSSR count). The Balaban J connectivity index is 3.03. The second-order valence-electron chi connectivity index (χ2n) is 2.52. The fourth-order valence-electron chi connectivity index (χ4n) is 1.10. The van der Waals surface area contributed by atoms with Crippen LogP contribution in [0.15, 0.2) is 27.7 Å². The van der Waals surface area contributed by atoms with E-state index in [4.69, 9.17) is 0 Å². The zero-order valence-electron chi connectivity index (χ0n) is 6.34. The molecular formula is C8H4BrFN2O. The van der Waals surface area contributed by atoms with Gasteiger partial charge in [-0.3, -0.25) is 4.79 Å². The molecule has 0 unspecified atom stereocenters. The molecule has 1 aromatic heterocycles. The van der Waals surface area contributed by atoms with Crippen molar-refractivity contribution in [1.82, 2.24) is 9.97 Å². The quantitative estimate of drug-likeness (QED) is 0.767. The molecule has 0 radical (unpaired) electrons. The highest BCUT2D eigenvalue weighted by Crippen LogP contribution is 2.18. The van der Waals surface area contributed by atoms with Crippen LogP contribution in [-0.4, -0.2) is 9.97 Å². The number of hydrogen-bond donors (Lipinski definition) is 1. The SMILES string of the molecule is O=c1[nH]cnc2c(F)cc(Br)cc12. The second kappa shape index (κ2) is 2.92. The lowest BCUT2D eigenvalue weighted by atomic mass is 10.2. The molecule has 0 aliphatic carbocycles. The molecule has 0 fully saturated rings. The lowest BCUT2D eigenvalue weighted by molar-refractivity contribution is 0.635. The maximum Gasteiger partial charge on any atom is 0.258 e. The predicted octanol–water partition coefficient (Wildman–Crippen LogP) is 1.82. The van der Waals surface area contributed by atoms with Gasteiger partial charge >= 0.3 is 0 Å². The van der Waals surface area contributed by atoms with Crippen LogP contribution in [0, 0.1) is 5.82 Å². The summed E-state index contributed by atoms with van der Waals surface area (Å²) in [6.45, 7) is 0. The van der Waals surface area contributed by atoms with E-state index in [1.54, 1.807) is 0 Å². The Morgan fingerprint density at radius 1 is 1.46 bits per heavy atom. The molecular weight excluding hydrogens is 239 g/mol. The Morgan fingerprint density at radius 2 is 2.23 bits per heavy atom. The van der Waals surface area contributed by atoms with Crippen molar-refractivity contribution in [3.63, 3.8) is 0 Å². The number of fused-ring (bicyclic) bond motifs is 1. The minimum atomic E-state index is -0.504. The third-order valence-corrected chi connectivity index (χ3v) is 2.12. The van der Waals surface area contributed by atoms with Gasteiger partial charge in [-0.25, -0.2) is 9.37 Å². The van der Waals surface area contributed by atoms with Crippen LogP contribution >= 0.6 is 15.9 Å². The summed E-state index contributed by atoms with van der Waals surface area (Å²) in [6.07, 6.45) is 1.18. The second-order valence-corrected chi connectivity index (χ2v) is 3.43. The van der Waals surface area contributed by atoms with Crippen molar-refractivity contribution in [2.45, 2.75) is 0 Å². The number of benzene rings is 1. The van der Waals surface area contributed by atoms with E-state index in [-0.39, 0.29) is 16.5 Å². The predicted molar refractivity (Wildman–Crippen MR) is 50.0 cm³/mol. The Morgan fingerprint density at radius 3 is 3.00 bits per heavy atom. The van der Waals surface area contributed by atoms with Gasteiger partial charge in [-0.15, -0.1) is 0 Å². The first-order valence-electron chi connectivity index (χ1n) is 3.51. The van der Waals surface area contributed by atoms with Gasteiger partial charge < -0.3 is 4.98 Å². The third-order valence-electron chi connectivity index (χ3n) is 1.66. The van der Waals surface area contributed by atoms with Gasteiger partial charge in [0.05, 0.1) is 11.7 Å². The summed E-state index contributed by atoms with van der Waals surface area (Å²) >= 11 is 3.10. The van der Waals surface area contributed by atoms with Crippen LogP contribution in [0.3, 0.4) is 0 Å². The highest BCUT2D eigenvalue weighted by molar-refractivity contribution is 9.10. The fraction of sp³-hybridized carbons (Fsp3) is 0. The van der Waals surface area contributed by atoms with E-state index >= 15 is 0 Å². The smallest absolute Gasteiger partial charge is 0.258 e. The Hall–Kier alpha value is -1.23. The Labute approximate surface area is 80.7 Å². The van der Waals surface area contributed by atoms with Crippen LogP contribution in [0.2, 0.25) is 0 Å². The standard InChI is InChI=1S/C8H4BrFN2O/c9-4-1-5-7(6(10)2-4)11-3-12-8(5)13/h1-3H,(H,11,12,13). The highest BCUT2D eigenvalue weighted by atomic mass is 79.9. The average Bonchev–Trinajstić information content (AvgIpc) is 2.07. The number of nitrogens with zero attached hydrogens (tertiary/aromatic N) is 1. The number of rotatable bonds is 0. The van der Waals surface area contributed by atoms with Crippen molar-refractivity contribution >= 4 is 26.8 Å². The van der Waals surface area contributed by atoms with Gasteiger partial charge in [0.2, 0.25) is 0 Å². The van der Waals surface area contributed by atoms with E-state index in [1.807, 2.05) is 0 Å². The van der Waals surface area contributed by atoms with Crippen LogP contribution in [0.1, 0.15) is 0 Å². The summed E-state index contributed by atoms with van der Waals surface area (Å²) in [5.74, 6) is -0.504. The first kappa shape index (κ1) is 8.37. The van der Waals surface area contributed by atoms with Crippen molar-refractivity contribution < 1.29 is 4.39 Å². The first-order valence-corrected chi connectivity index (χ1v) is 4.30. The van der Waals surface area contributed by atoms with Crippen LogP contribution in [0.4, 0.5) is 4.39 Å². The van der Waals surface area contributed by atoms with E-state index in [1.165, 1.54) is 18.5 Å². The molecule has 0 aliphatic heterocycles. The molecule has 1 N–H and O–H groups in total. The Bertz CT molecular complexity index is 523. The van der Waals surface area contributed by atoms with E-state index < -0.39 is 5.82 Å². The van der Waals surface area contributed by atoms with Crippen molar-refractivity contribution in [2.24, 2.45) is 0 Å². The van der Waals surface area contributed by atoms with E-state index in [0.717, 1.165) is 0 Å². The molecule has 5 heteroatoms. The lowest BCUT2D eigenvalue weighted by Crippen LogP contribution is -2.06. The Kier molecular flexibility index (Phi) is 1.88. The summed E-state index contributed by atoms with van der Waals surface area (Å²) in [7, 11) is 0. The van der Waals surface area contributed by atoms with E-state index in [9.17, 15) is 9.18 Å². The van der Waals surface area contributed by atoms with Gasteiger partial charge in [-0.1, -0.05) is 15.9 Å². The summed E-state index contributed by atoms with van der Waals surface area (Å²) in [4.78, 5) is 17.3. The van der Waals surface area contributed by atoms with Gasteiger partial charge in [-0.2, -0.15) is 0 Å². The number of H-pyrrole nitrogens is 1. The average molecular weight is 243 g/mol. The molecule has 1 heterocycles. The van der Waals surface area contributed by atoms with Gasteiger partial charge in [0.15, 0.2) is 5.82 Å². The molecule has 0 saturated heterocycles. The van der Waals surface area contributed by atoms with Gasteiger partial charge in [0, 0.05) is 4.47 Å². The number of aromatic amines is 1. The molecule has 3 nitrogen and oxygen atoms in total. The largest absolute Gasteiger partial charge is 0.313 e. The van der Waals surface area contributed by atoms with E-state index in [2.05, 4.69) is 25.9 Å². The molecule has 0 spiro atoms. The minimum absolute atomic E-state index is 0.0898. The van der Waals surface area contributed by atoms with Crippen LogP contribution in [0.25, 0.3) is 10.9 Å². The van der Waals surface area contributed by atoms with Crippen LogP contribution < -0.4 is 5.56 Å². The number of hydrogen-bond acceptors (Lipinski definition) is 2. The maximum absolute atomic E-state index is 13.2. The summed E-state index contributed by atoms with van der Waals surface area (Å²) in [6, 6.07) is 2.80. The number of aromatic nitrogens is 2. The van der Waals surface area contributed by atoms with Crippen molar-refractivity contribution in [1.29, 1.82) is 0 Å². The first-order chi connectivity index (χ1) is 6.18. The molecule has 13 heavy (non-hydrogen) atoms. The van der Waals surface area contributed by atoms with E-state index in [0.29, 0.717) is 4.47 Å². The molecule has 0 atom stereocenters. The molecule has 2 aromatic rings. The summed E-state index contributed by atoms with van der Waals surface area (Å²) in [5, 5.41) is 0.245. The monoisotopic (exact) mass is 242 g/mol. The van der Waals surface area contributed by atoms with Crippen molar-refractivity contribution in [3.8, 4) is 0 Å². The zero-order chi connectivity index (χ0) is 9.42. The third kappa shape index (κ3) is 1.35. The molecule has 66 valence electrons. The molecule has 0 aliphatic rings. The van der Waals surface area contributed by atoms with Crippen LogP contribution in [-0.2, 0) is 0 Å². The number of nitrogens with one attached hydrogen (secondary N) is 1. The number of halogens is 2. The zero-order valence-corrected chi connectivity index (χ0v) is 7.93.